The first kappa shape index (κ1) is 16.2. The van der Waals surface area contributed by atoms with Crippen LogP contribution in [0.15, 0.2) is 36.7 Å². The molecule has 2 aromatic rings. The van der Waals surface area contributed by atoms with E-state index in [4.69, 9.17) is 9.47 Å². The number of carbonyl (C=O) groups is 1. The summed E-state index contributed by atoms with van der Waals surface area (Å²) in [7, 11) is 0. The van der Waals surface area contributed by atoms with Crippen molar-refractivity contribution in [2.24, 2.45) is 0 Å². The Balaban J connectivity index is 1.49. The Kier molecular flexibility index (Phi) is 4.76. The molecule has 4 rings (SSSR count). The van der Waals surface area contributed by atoms with Crippen LogP contribution in [0.5, 0.6) is 0 Å². The highest BCUT2D eigenvalue weighted by atomic mass is 16.5. The van der Waals surface area contributed by atoms with Gasteiger partial charge in [0.05, 0.1) is 19.8 Å². The monoisotopic (exact) mass is 342 g/mol. The maximum atomic E-state index is 12.8. The van der Waals surface area contributed by atoms with Gasteiger partial charge in [-0.15, -0.1) is 0 Å². The topological polar surface area (TPSA) is 69.5 Å². The lowest BCUT2D eigenvalue weighted by molar-refractivity contribution is -0.150. The average molecular weight is 342 g/mol. The summed E-state index contributed by atoms with van der Waals surface area (Å²) < 4.78 is 12.9. The second kappa shape index (κ2) is 7.33. The van der Waals surface area contributed by atoms with Gasteiger partial charge in [0.1, 0.15) is 18.5 Å². The number of hydrogen-bond acceptors (Lipinski definition) is 5. The Morgan fingerprint density at radius 1 is 1.24 bits per heavy atom. The quantitative estimate of drug-likeness (QED) is 0.840. The van der Waals surface area contributed by atoms with Gasteiger partial charge in [-0.25, -0.2) is 9.67 Å². The highest BCUT2D eigenvalue weighted by molar-refractivity contribution is 5.81. The van der Waals surface area contributed by atoms with Crippen molar-refractivity contribution in [1.29, 1.82) is 0 Å². The van der Waals surface area contributed by atoms with E-state index in [-0.39, 0.29) is 18.1 Å². The molecule has 2 atom stereocenters. The molecule has 2 aliphatic heterocycles. The van der Waals surface area contributed by atoms with Crippen molar-refractivity contribution >= 4 is 5.91 Å². The van der Waals surface area contributed by atoms with Gasteiger partial charge >= 0.3 is 0 Å². The first-order valence-electron chi connectivity index (χ1n) is 8.74. The zero-order valence-corrected chi connectivity index (χ0v) is 14.1. The normalized spacial score (nSPS) is 23.8. The van der Waals surface area contributed by atoms with Crippen molar-refractivity contribution in [3.05, 3.63) is 48.0 Å². The summed E-state index contributed by atoms with van der Waals surface area (Å²) in [6, 6.07) is 9.86. The minimum absolute atomic E-state index is 0.0326. The number of nitrogens with zero attached hydrogens (tertiary/aromatic N) is 4. The molecule has 0 saturated carbocycles. The van der Waals surface area contributed by atoms with Crippen LogP contribution >= 0.6 is 0 Å². The van der Waals surface area contributed by atoms with Crippen LogP contribution in [0, 0.1) is 0 Å². The first-order valence-corrected chi connectivity index (χ1v) is 8.74. The highest BCUT2D eigenvalue weighted by Crippen LogP contribution is 2.25. The minimum Gasteiger partial charge on any atom is -0.377 e. The van der Waals surface area contributed by atoms with Crippen LogP contribution in [0.1, 0.15) is 30.3 Å². The number of amides is 1. The summed E-state index contributed by atoms with van der Waals surface area (Å²) in [6.07, 6.45) is 3.12. The zero-order chi connectivity index (χ0) is 17.1. The van der Waals surface area contributed by atoms with Gasteiger partial charge in [-0.1, -0.05) is 30.3 Å². The summed E-state index contributed by atoms with van der Waals surface area (Å²) in [5.41, 5.74) is 1.16. The SMILES string of the molecule is O=C([C@H]1CCCO1)N1CCOC[C@@H]1c1ncn(Cc2ccccc2)n1. The molecule has 0 unspecified atom stereocenters. The molecule has 0 N–H and O–H groups in total. The average Bonchev–Trinajstić information content (AvgIpc) is 3.34. The molecule has 1 aromatic carbocycles. The number of morpholine rings is 1. The van der Waals surface area contributed by atoms with Crippen molar-refractivity contribution < 1.29 is 14.3 Å². The molecule has 1 aromatic heterocycles. The van der Waals surface area contributed by atoms with Crippen molar-refractivity contribution in [2.45, 2.75) is 31.5 Å². The zero-order valence-electron chi connectivity index (χ0n) is 14.1. The number of rotatable bonds is 4. The van der Waals surface area contributed by atoms with Crippen LogP contribution < -0.4 is 0 Å². The molecule has 0 spiro atoms. The molecule has 0 radical (unpaired) electrons. The predicted octanol–water partition coefficient (Wildman–Crippen LogP) is 1.41. The summed E-state index contributed by atoms with van der Waals surface area (Å²) in [4.78, 5) is 19.0. The molecule has 0 aliphatic carbocycles. The van der Waals surface area contributed by atoms with Crippen molar-refractivity contribution in [3.8, 4) is 0 Å². The fourth-order valence-electron chi connectivity index (χ4n) is 3.35. The van der Waals surface area contributed by atoms with E-state index in [0.717, 1.165) is 18.4 Å². The van der Waals surface area contributed by atoms with E-state index in [2.05, 4.69) is 22.2 Å². The lowest BCUT2D eigenvalue weighted by Crippen LogP contribution is -2.47. The highest BCUT2D eigenvalue weighted by Gasteiger charge is 2.36. The summed E-state index contributed by atoms with van der Waals surface area (Å²) >= 11 is 0. The Hall–Kier alpha value is -2.25. The molecule has 2 saturated heterocycles. The molecule has 7 nitrogen and oxygen atoms in total. The summed E-state index contributed by atoms with van der Waals surface area (Å²) in [6.45, 7) is 2.83. The largest absolute Gasteiger partial charge is 0.377 e. The van der Waals surface area contributed by atoms with Gasteiger partial charge < -0.3 is 14.4 Å². The fourth-order valence-corrected chi connectivity index (χ4v) is 3.35. The van der Waals surface area contributed by atoms with Crippen LogP contribution in [0.2, 0.25) is 0 Å². The van der Waals surface area contributed by atoms with E-state index in [9.17, 15) is 4.79 Å². The van der Waals surface area contributed by atoms with Crippen molar-refractivity contribution in [1.82, 2.24) is 19.7 Å². The number of benzene rings is 1. The van der Waals surface area contributed by atoms with E-state index in [1.807, 2.05) is 23.1 Å². The maximum absolute atomic E-state index is 12.8. The molecule has 25 heavy (non-hydrogen) atoms. The summed E-state index contributed by atoms with van der Waals surface area (Å²) in [5, 5.41) is 4.58. The summed E-state index contributed by atoms with van der Waals surface area (Å²) in [5.74, 6) is 0.659. The van der Waals surface area contributed by atoms with E-state index < -0.39 is 0 Å². The lowest BCUT2D eigenvalue weighted by Gasteiger charge is -2.35. The van der Waals surface area contributed by atoms with Gasteiger partial charge in [0.25, 0.3) is 5.91 Å². The van der Waals surface area contributed by atoms with Crippen LogP contribution in [0.4, 0.5) is 0 Å². The molecule has 2 fully saturated rings. The van der Waals surface area contributed by atoms with Crippen LogP contribution in [-0.4, -0.2) is 58.0 Å². The second-order valence-corrected chi connectivity index (χ2v) is 6.41. The van der Waals surface area contributed by atoms with Crippen molar-refractivity contribution in [2.75, 3.05) is 26.4 Å². The third-order valence-corrected chi connectivity index (χ3v) is 4.66. The van der Waals surface area contributed by atoms with Crippen LogP contribution in [0.25, 0.3) is 0 Å². The molecule has 2 aliphatic rings. The van der Waals surface area contributed by atoms with Gasteiger partial charge in [0.15, 0.2) is 5.82 Å². The Morgan fingerprint density at radius 3 is 2.92 bits per heavy atom. The first-order chi connectivity index (χ1) is 12.3. The number of ether oxygens (including phenoxy) is 2. The van der Waals surface area contributed by atoms with Gasteiger partial charge in [-0.3, -0.25) is 4.79 Å². The van der Waals surface area contributed by atoms with E-state index in [0.29, 0.717) is 38.7 Å². The van der Waals surface area contributed by atoms with Gasteiger partial charge in [-0.05, 0) is 18.4 Å². The van der Waals surface area contributed by atoms with Crippen molar-refractivity contribution in [3.63, 3.8) is 0 Å². The fraction of sp³-hybridized carbons (Fsp3) is 0.500. The minimum atomic E-state index is -0.327. The Bertz CT molecular complexity index is 712. The Labute approximate surface area is 146 Å². The molecule has 0 bridgehead atoms. The molecule has 3 heterocycles. The molecular formula is C18H22N4O3. The number of aromatic nitrogens is 3. The third-order valence-electron chi connectivity index (χ3n) is 4.66. The number of carbonyl (C=O) groups excluding carboxylic acids is 1. The molecular weight excluding hydrogens is 320 g/mol. The van der Waals surface area contributed by atoms with E-state index in [1.54, 1.807) is 11.0 Å². The van der Waals surface area contributed by atoms with Gasteiger partial charge in [0.2, 0.25) is 0 Å². The predicted molar refractivity (Wildman–Crippen MR) is 89.8 cm³/mol. The van der Waals surface area contributed by atoms with Gasteiger partial charge in [0, 0.05) is 13.2 Å². The lowest BCUT2D eigenvalue weighted by atomic mass is 10.1. The van der Waals surface area contributed by atoms with E-state index >= 15 is 0 Å². The second-order valence-electron chi connectivity index (χ2n) is 6.41. The number of hydrogen-bond donors (Lipinski definition) is 0. The van der Waals surface area contributed by atoms with Crippen LogP contribution in [0.3, 0.4) is 0 Å². The molecule has 132 valence electrons. The Morgan fingerprint density at radius 2 is 2.12 bits per heavy atom. The molecule has 7 heteroatoms. The van der Waals surface area contributed by atoms with Gasteiger partial charge in [-0.2, -0.15) is 5.10 Å². The van der Waals surface area contributed by atoms with E-state index in [1.165, 1.54) is 0 Å². The standard InChI is InChI=1S/C18H22N4O3/c23-18(16-7-4-9-25-16)22-8-10-24-12-15(22)17-19-13-21(20-17)11-14-5-2-1-3-6-14/h1-3,5-6,13,15-16H,4,7-12H2/t15-,16-/m1/s1. The third kappa shape index (κ3) is 3.57. The van der Waals surface area contributed by atoms with Crippen LogP contribution in [-0.2, 0) is 20.8 Å². The maximum Gasteiger partial charge on any atom is 0.252 e. The molecule has 1 amide bonds. The smallest absolute Gasteiger partial charge is 0.252 e.